The molecule has 1 amide bonds. The van der Waals surface area contributed by atoms with Crippen LogP contribution >= 0.6 is 22.9 Å². The first-order chi connectivity index (χ1) is 10.5. The molecular formula is C16H14ClN3OS. The maximum absolute atomic E-state index is 12.2. The Kier molecular flexibility index (Phi) is 4.00. The second kappa shape index (κ2) is 5.94. The highest BCUT2D eigenvalue weighted by molar-refractivity contribution is 7.13. The van der Waals surface area contributed by atoms with Gasteiger partial charge in [-0.15, -0.1) is 11.3 Å². The van der Waals surface area contributed by atoms with Crippen LogP contribution in [0.1, 0.15) is 16.2 Å². The summed E-state index contributed by atoms with van der Waals surface area (Å²) in [6, 6.07) is 11.0. The van der Waals surface area contributed by atoms with Crippen molar-refractivity contribution >= 4 is 34.5 Å². The van der Waals surface area contributed by atoms with Crippen LogP contribution in [0.15, 0.2) is 41.8 Å². The summed E-state index contributed by atoms with van der Waals surface area (Å²) in [7, 11) is 1.99. The molecule has 112 valence electrons. The zero-order valence-corrected chi connectivity index (χ0v) is 13.7. The van der Waals surface area contributed by atoms with Gasteiger partial charge in [-0.05, 0) is 43.3 Å². The first-order valence-corrected chi connectivity index (χ1v) is 7.95. The van der Waals surface area contributed by atoms with E-state index in [9.17, 15) is 4.79 Å². The van der Waals surface area contributed by atoms with Gasteiger partial charge in [0, 0.05) is 28.8 Å². The summed E-state index contributed by atoms with van der Waals surface area (Å²) in [5.74, 6) is -0.226. The van der Waals surface area contributed by atoms with Crippen molar-refractivity contribution in [2.24, 2.45) is 7.05 Å². The van der Waals surface area contributed by atoms with Gasteiger partial charge >= 0.3 is 0 Å². The lowest BCUT2D eigenvalue weighted by molar-refractivity contribution is 0.102. The van der Waals surface area contributed by atoms with Gasteiger partial charge in [0.25, 0.3) is 5.91 Å². The Morgan fingerprint density at radius 3 is 2.59 bits per heavy atom. The Hall–Kier alpha value is -2.11. The summed E-state index contributed by atoms with van der Waals surface area (Å²) >= 11 is 7.29. The molecule has 0 radical (unpaired) electrons. The maximum Gasteiger partial charge on any atom is 0.275 e. The van der Waals surface area contributed by atoms with Crippen LogP contribution in [0.2, 0.25) is 5.02 Å². The third-order valence-electron chi connectivity index (χ3n) is 3.43. The second-order valence-electron chi connectivity index (χ2n) is 4.92. The highest BCUT2D eigenvalue weighted by atomic mass is 35.5. The molecule has 6 heteroatoms. The van der Waals surface area contributed by atoms with E-state index in [1.165, 1.54) is 11.3 Å². The molecule has 22 heavy (non-hydrogen) atoms. The van der Waals surface area contributed by atoms with Gasteiger partial charge in [0.05, 0.1) is 5.69 Å². The number of nitrogens with zero attached hydrogens (tertiary/aromatic N) is 2. The fourth-order valence-electron chi connectivity index (χ4n) is 2.05. The minimum Gasteiger partial charge on any atom is -0.346 e. The average Bonchev–Trinajstić information content (AvgIpc) is 3.10. The Bertz CT molecular complexity index is 820. The van der Waals surface area contributed by atoms with Crippen LogP contribution in [0, 0.1) is 6.92 Å². The van der Waals surface area contributed by atoms with Crippen LogP contribution < -0.4 is 5.32 Å². The lowest BCUT2D eigenvalue weighted by Crippen LogP contribution is -2.12. The lowest BCUT2D eigenvalue weighted by atomic mass is 10.3. The summed E-state index contributed by atoms with van der Waals surface area (Å²) in [5.41, 5.74) is 3.26. The van der Waals surface area contributed by atoms with Crippen molar-refractivity contribution in [2.75, 3.05) is 5.32 Å². The molecule has 0 aliphatic carbocycles. The van der Waals surface area contributed by atoms with Crippen molar-refractivity contribution in [3.8, 4) is 10.7 Å². The molecule has 0 atom stereocenters. The highest BCUT2D eigenvalue weighted by Crippen LogP contribution is 2.25. The molecule has 4 nitrogen and oxygen atoms in total. The predicted molar refractivity (Wildman–Crippen MR) is 90.7 cm³/mol. The quantitative estimate of drug-likeness (QED) is 0.775. The Morgan fingerprint density at radius 1 is 1.23 bits per heavy atom. The molecule has 1 N–H and O–H groups in total. The number of hydrogen-bond donors (Lipinski definition) is 1. The molecule has 0 spiro atoms. The summed E-state index contributed by atoms with van der Waals surface area (Å²) in [4.78, 5) is 16.7. The van der Waals surface area contributed by atoms with Crippen molar-refractivity contribution < 1.29 is 4.79 Å². The Balaban J connectivity index is 1.80. The van der Waals surface area contributed by atoms with E-state index >= 15 is 0 Å². The van der Waals surface area contributed by atoms with Gasteiger partial charge in [0.15, 0.2) is 0 Å². The molecule has 0 saturated carbocycles. The average molecular weight is 332 g/mol. The molecule has 3 rings (SSSR count). The number of aromatic nitrogens is 2. The number of anilines is 1. The predicted octanol–water partition coefficient (Wildman–Crippen LogP) is 4.36. The van der Waals surface area contributed by atoms with E-state index < -0.39 is 0 Å². The van der Waals surface area contributed by atoms with Gasteiger partial charge in [-0.25, -0.2) is 4.98 Å². The maximum atomic E-state index is 12.2. The van der Waals surface area contributed by atoms with E-state index in [0.29, 0.717) is 16.4 Å². The number of hydrogen-bond acceptors (Lipinski definition) is 3. The van der Waals surface area contributed by atoms with Crippen LogP contribution in [-0.2, 0) is 7.05 Å². The second-order valence-corrected chi connectivity index (χ2v) is 6.21. The molecule has 0 saturated heterocycles. The smallest absolute Gasteiger partial charge is 0.275 e. The molecule has 0 bridgehead atoms. The largest absolute Gasteiger partial charge is 0.346 e. The van der Waals surface area contributed by atoms with Crippen molar-refractivity contribution in [2.45, 2.75) is 6.92 Å². The first kappa shape index (κ1) is 14.8. The van der Waals surface area contributed by atoms with E-state index in [4.69, 9.17) is 11.6 Å². The fraction of sp³-hybridized carbons (Fsp3) is 0.125. The number of benzene rings is 1. The molecule has 1 aromatic carbocycles. The van der Waals surface area contributed by atoms with E-state index in [0.717, 1.165) is 16.4 Å². The fourth-order valence-corrected chi connectivity index (χ4v) is 3.04. The van der Waals surface area contributed by atoms with Gasteiger partial charge in [-0.2, -0.15) is 0 Å². The zero-order valence-electron chi connectivity index (χ0n) is 12.1. The third kappa shape index (κ3) is 2.91. The van der Waals surface area contributed by atoms with E-state index in [1.807, 2.05) is 26.1 Å². The number of nitrogens with one attached hydrogen (secondary N) is 1. The van der Waals surface area contributed by atoms with Gasteiger partial charge in [-0.3, -0.25) is 4.79 Å². The molecule has 0 aliphatic heterocycles. The first-order valence-electron chi connectivity index (χ1n) is 6.70. The summed E-state index contributed by atoms with van der Waals surface area (Å²) in [6.07, 6.45) is 0. The van der Waals surface area contributed by atoms with Gasteiger partial charge in [0.1, 0.15) is 10.7 Å². The topological polar surface area (TPSA) is 46.9 Å². The van der Waals surface area contributed by atoms with Gasteiger partial charge in [-0.1, -0.05) is 11.6 Å². The Labute approximate surface area is 137 Å². The lowest BCUT2D eigenvalue weighted by Gasteiger charge is -2.03. The van der Waals surface area contributed by atoms with Crippen LogP contribution in [0.5, 0.6) is 0 Å². The SMILES string of the molecule is Cc1ccc(-c2nc(C(=O)Nc3ccc(Cl)cc3)cs2)n1C. The number of amides is 1. The minimum absolute atomic E-state index is 0.226. The molecule has 0 fully saturated rings. The number of thiazole rings is 1. The number of halogens is 1. The monoisotopic (exact) mass is 331 g/mol. The third-order valence-corrected chi connectivity index (χ3v) is 4.55. The van der Waals surface area contributed by atoms with Crippen LogP contribution in [0.4, 0.5) is 5.69 Å². The highest BCUT2D eigenvalue weighted by Gasteiger charge is 2.14. The summed E-state index contributed by atoms with van der Waals surface area (Å²) in [6.45, 7) is 2.03. The number of carbonyl (C=O) groups excluding carboxylic acids is 1. The number of carbonyl (C=O) groups is 1. The zero-order chi connectivity index (χ0) is 15.7. The molecule has 2 heterocycles. The minimum atomic E-state index is -0.226. The van der Waals surface area contributed by atoms with Crippen LogP contribution in [0.25, 0.3) is 10.7 Å². The normalized spacial score (nSPS) is 10.7. The molecule has 0 unspecified atom stereocenters. The van der Waals surface area contributed by atoms with E-state index in [2.05, 4.69) is 14.9 Å². The molecule has 3 aromatic rings. The van der Waals surface area contributed by atoms with E-state index in [1.54, 1.807) is 29.6 Å². The number of rotatable bonds is 3. The van der Waals surface area contributed by atoms with Gasteiger partial charge < -0.3 is 9.88 Å². The molecule has 2 aromatic heterocycles. The Morgan fingerprint density at radius 2 is 1.95 bits per heavy atom. The van der Waals surface area contributed by atoms with E-state index in [-0.39, 0.29) is 5.91 Å². The van der Waals surface area contributed by atoms with Gasteiger partial charge in [0.2, 0.25) is 0 Å². The van der Waals surface area contributed by atoms with Crippen molar-refractivity contribution in [1.82, 2.24) is 9.55 Å². The van der Waals surface area contributed by atoms with Crippen LogP contribution in [0.3, 0.4) is 0 Å². The molecule has 0 aliphatic rings. The summed E-state index contributed by atoms with van der Waals surface area (Å²) in [5, 5.41) is 6.04. The van der Waals surface area contributed by atoms with Crippen molar-refractivity contribution in [3.63, 3.8) is 0 Å². The van der Waals surface area contributed by atoms with Crippen LogP contribution in [-0.4, -0.2) is 15.5 Å². The summed E-state index contributed by atoms with van der Waals surface area (Å²) < 4.78 is 2.06. The van der Waals surface area contributed by atoms with Crippen molar-refractivity contribution in [3.05, 3.63) is 58.2 Å². The van der Waals surface area contributed by atoms with Crippen molar-refractivity contribution in [1.29, 1.82) is 0 Å². The number of aryl methyl sites for hydroxylation is 1. The standard InChI is InChI=1S/C16H14ClN3OS/c1-10-3-8-14(20(10)2)16-19-13(9-22-16)15(21)18-12-6-4-11(17)5-7-12/h3-9H,1-2H3,(H,18,21). The molecular weight excluding hydrogens is 318 g/mol.